The molecule has 1 aliphatic heterocycles. The van der Waals surface area contributed by atoms with Gasteiger partial charge in [-0.05, 0) is 24.6 Å². The first-order chi connectivity index (χ1) is 9.36. The van der Waals surface area contributed by atoms with Gasteiger partial charge in [-0.1, -0.05) is 0 Å². The van der Waals surface area contributed by atoms with Crippen LogP contribution in [0.25, 0.3) is 0 Å². The van der Waals surface area contributed by atoms with E-state index in [1.54, 1.807) is 6.92 Å². The molecule has 1 aromatic carbocycles. The maximum Gasteiger partial charge on any atom is 0.125 e. The maximum absolute atomic E-state index is 9.95. The van der Waals surface area contributed by atoms with E-state index in [0.29, 0.717) is 5.56 Å². The molecule has 7 heteroatoms. The van der Waals surface area contributed by atoms with E-state index in [9.17, 15) is 25.5 Å². The Morgan fingerprint density at radius 1 is 1.00 bits per heavy atom. The van der Waals surface area contributed by atoms with Crippen LogP contribution in [0.15, 0.2) is 12.1 Å². The normalized spacial score (nSPS) is 34.1. The monoisotopic (exact) mass is 286 g/mol. The second kappa shape index (κ2) is 5.55. The first kappa shape index (κ1) is 15.0. The first-order valence-corrected chi connectivity index (χ1v) is 6.19. The zero-order valence-electron chi connectivity index (χ0n) is 10.8. The molecule has 1 aromatic rings. The van der Waals surface area contributed by atoms with Crippen LogP contribution in [0.4, 0.5) is 0 Å². The molecule has 0 radical (unpaired) electrons. The average Bonchev–Trinajstić information content (AvgIpc) is 2.37. The third-order valence-corrected chi connectivity index (χ3v) is 3.46. The van der Waals surface area contributed by atoms with Crippen LogP contribution in [0.5, 0.6) is 11.5 Å². The minimum absolute atomic E-state index is 0.0903. The molecule has 0 amide bonds. The van der Waals surface area contributed by atoms with Gasteiger partial charge in [0.15, 0.2) is 0 Å². The summed E-state index contributed by atoms with van der Waals surface area (Å²) < 4.78 is 5.29. The van der Waals surface area contributed by atoms with Crippen LogP contribution < -0.4 is 0 Å². The molecule has 112 valence electrons. The molecular weight excluding hydrogens is 268 g/mol. The molecule has 5 atom stereocenters. The van der Waals surface area contributed by atoms with Crippen molar-refractivity contribution in [2.75, 3.05) is 6.61 Å². The Hall–Kier alpha value is -1.38. The molecule has 1 aliphatic rings. The van der Waals surface area contributed by atoms with Gasteiger partial charge in [-0.3, -0.25) is 0 Å². The van der Waals surface area contributed by atoms with Crippen molar-refractivity contribution in [3.8, 4) is 11.5 Å². The van der Waals surface area contributed by atoms with Gasteiger partial charge in [0.1, 0.15) is 42.0 Å². The van der Waals surface area contributed by atoms with Gasteiger partial charge in [0, 0.05) is 0 Å². The van der Waals surface area contributed by atoms with Crippen LogP contribution in [0.3, 0.4) is 0 Å². The van der Waals surface area contributed by atoms with Crippen molar-refractivity contribution in [2.24, 2.45) is 0 Å². The van der Waals surface area contributed by atoms with E-state index in [1.807, 2.05) is 0 Å². The summed E-state index contributed by atoms with van der Waals surface area (Å²) in [5.41, 5.74) is 0.515. The van der Waals surface area contributed by atoms with Crippen LogP contribution >= 0.6 is 0 Å². The number of aryl methyl sites for hydroxylation is 1. The number of rotatable bonds is 2. The Balaban J connectivity index is 2.41. The minimum Gasteiger partial charge on any atom is -0.507 e. The SMILES string of the molecule is Cc1cc(O)c([C@H]2O[C@H](CO)[C@@H](O)[C@H](O)[C@H]2O)c(O)c1. The smallest absolute Gasteiger partial charge is 0.125 e. The highest BCUT2D eigenvalue weighted by Crippen LogP contribution is 2.41. The Labute approximate surface area is 115 Å². The fourth-order valence-corrected chi connectivity index (χ4v) is 2.39. The van der Waals surface area contributed by atoms with E-state index in [2.05, 4.69) is 0 Å². The van der Waals surface area contributed by atoms with Crippen LogP contribution in [0.2, 0.25) is 0 Å². The fourth-order valence-electron chi connectivity index (χ4n) is 2.39. The van der Waals surface area contributed by atoms with Gasteiger partial charge < -0.3 is 35.4 Å². The number of hydrogen-bond donors (Lipinski definition) is 6. The summed E-state index contributed by atoms with van der Waals surface area (Å²) in [5, 5.41) is 58.3. The highest BCUT2D eigenvalue weighted by Gasteiger charge is 2.45. The van der Waals surface area contributed by atoms with Crippen LogP contribution in [0, 0.1) is 6.92 Å². The lowest BCUT2D eigenvalue weighted by molar-refractivity contribution is -0.232. The molecule has 7 nitrogen and oxygen atoms in total. The average molecular weight is 286 g/mol. The minimum atomic E-state index is -1.56. The highest BCUT2D eigenvalue weighted by atomic mass is 16.5. The topological polar surface area (TPSA) is 131 Å². The van der Waals surface area contributed by atoms with E-state index in [1.165, 1.54) is 12.1 Å². The molecule has 6 N–H and O–H groups in total. The molecule has 0 saturated carbocycles. The number of benzene rings is 1. The molecule has 1 saturated heterocycles. The van der Waals surface area contributed by atoms with Crippen molar-refractivity contribution in [1.29, 1.82) is 0 Å². The van der Waals surface area contributed by atoms with Gasteiger partial charge >= 0.3 is 0 Å². The third-order valence-electron chi connectivity index (χ3n) is 3.46. The summed E-state index contributed by atoms with van der Waals surface area (Å²) in [6, 6.07) is 2.74. The maximum atomic E-state index is 9.95. The Morgan fingerprint density at radius 2 is 1.55 bits per heavy atom. The van der Waals surface area contributed by atoms with Gasteiger partial charge in [-0.25, -0.2) is 0 Å². The molecule has 1 heterocycles. The summed E-state index contributed by atoms with van der Waals surface area (Å²) in [7, 11) is 0. The molecule has 0 bridgehead atoms. The second-order valence-electron chi connectivity index (χ2n) is 4.97. The summed E-state index contributed by atoms with van der Waals surface area (Å²) >= 11 is 0. The van der Waals surface area contributed by atoms with E-state index in [4.69, 9.17) is 9.84 Å². The quantitative estimate of drug-likeness (QED) is 0.408. The van der Waals surface area contributed by atoms with Crippen molar-refractivity contribution in [1.82, 2.24) is 0 Å². The van der Waals surface area contributed by atoms with E-state index >= 15 is 0 Å². The predicted octanol–water partition coefficient (Wildman–Crippen LogP) is -1.08. The lowest BCUT2D eigenvalue weighted by Gasteiger charge is -2.40. The van der Waals surface area contributed by atoms with Gasteiger partial charge in [0.25, 0.3) is 0 Å². The van der Waals surface area contributed by atoms with Crippen LogP contribution in [-0.4, -0.2) is 61.7 Å². The summed E-state index contributed by atoms with van der Waals surface area (Å²) in [6.07, 6.45) is -6.95. The molecule has 2 rings (SSSR count). The van der Waals surface area contributed by atoms with Gasteiger partial charge in [0.05, 0.1) is 12.2 Å². The van der Waals surface area contributed by atoms with Crippen molar-refractivity contribution in [2.45, 2.75) is 37.4 Å². The molecule has 20 heavy (non-hydrogen) atoms. The summed E-state index contributed by atoms with van der Waals surface area (Å²) in [4.78, 5) is 0. The van der Waals surface area contributed by atoms with Gasteiger partial charge in [-0.2, -0.15) is 0 Å². The summed E-state index contributed by atoms with van der Waals surface area (Å²) in [5.74, 6) is -0.598. The number of phenolic OH excluding ortho intramolecular Hbond substituents is 2. The lowest BCUT2D eigenvalue weighted by Crippen LogP contribution is -2.55. The predicted molar refractivity (Wildman–Crippen MR) is 67.2 cm³/mol. The number of aromatic hydroxyl groups is 2. The van der Waals surface area contributed by atoms with Crippen molar-refractivity contribution >= 4 is 0 Å². The van der Waals surface area contributed by atoms with Crippen molar-refractivity contribution < 1.29 is 35.4 Å². The van der Waals surface area contributed by atoms with Gasteiger partial charge in [-0.15, -0.1) is 0 Å². The van der Waals surface area contributed by atoms with Crippen LogP contribution in [-0.2, 0) is 4.74 Å². The first-order valence-electron chi connectivity index (χ1n) is 6.19. The standard InChI is InChI=1S/C13H18O7/c1-5-2-6(15)9(7(16)3-5)13-12(19)11(18)10(17)8(4-14)20-13/h2-3,8,10-19H,4H2,1H3/t8-,10-,11+,12-,13-/m1/s1. The summed E-state index contributed by atoms with van der Waals surface area (Å²) in [6.45, 7) is 1.09. The third kappa shape index (κ3) is 2.46. The van der Waals surface area contributed by atoms with E-state index in [0.717, 1.165) is 0 Å². The molecule has 0 spiro atoms. The van der Waals surface area contributed by atoms with E-state index < -0.39 is 37.1 Å². The number of aliphatic hydroxyl groups is 4. The largest absolute Gasteiger partial charge is 0.507 e. The van der Waals surface area contributed by atoms with Crippen molar-refractivity contribution in [3.05, 3.63) is 23.3 Å². The zero-order chi connectivity index (χ0) is 15.0. The number of hydrogen-bond acceptors (Lipinski definition) is 7. The van der Waals surface area contributed by atoms with E-state index in [-0.39, 0.29) is 17.1 Å². The van der Waals surface area contributed by atoms with Gasteiger partial charge in [0.2, 0.25) is 0 Å². The Bertz CT molecular complexity index is 465. The number of aliphatic hydroxyl groups excluding tert-OH is 4. The molecule has 0 aromatic heterocycles. The highest BCUT2D eigenvalue weighted by molar-refractivity contribution is 5.48. The lowest BCUT2D eigenvalue weighted by atomic mass is 9.90. The zero-order valence-corrected chi connectivity index (χ0v) is 10.8. The Kier molecular flexibility index (Phi) is 4.17. The fraction of sp³-hybridized carbons (Fsp3) is 0.538. The number of ether oxygens (including phenoxy) is 1. The molecular formula is C13H18O7. The molecule has 0 aliphatic carbocycles. The second-order valence-corrected chi connectivity index (χ2v) is 4.97. The van der Waals surface area contributed by atoms with Crippen molar-refractivity contribution in [3.63, 3.8) is 0 Å². The number of phenols is 2. The molecule has 0 unspecified atom stereocenters. The Morgan fingerprint density at radius 3 is 2.05 bits per heavy atom. The molecule has 1 fully saturated rings. The van der Waals surface area contributed by atoms with Crippen LogP contribution in [0.1, 0.15) is 17.2 Å².